The van der Waals surface area contributed by atoms with E-state index in [0.717, 1.165) is 62.8 Å². The van der Waals surface area contributed by atoms with Gasteiger partial charge >= 0.3 is 0 Å². The Labute approximate surface area is 182 Å². The number of likely N-dealkylation sites (tertiary alicyclic amines) is 1. The number of hydrogen-bond acceptors (Lipinski definition) is 4. The molecule has 0 radical (unpaired) electrons. The minimum atomic E-state index is -0.220. The van der Waals surface area contributed by atoms with E-state index in [0.29, 0.717) is 18.8 Å². The zero-order valence-electron chi connectivity index (χ0n) is 19.2. The summed E-state index contributed by atoms with van der Waals surface area (Å²) < 4.78 is 18.0. The van der Waals surface area contributed by atoms with Crippen molar-refractivity contribution in [2.45, 2.75) is 77.2 Å². The summed E-state index contributed by atoms with van der Waals surface area (Å²) in [4.78, 5) is 6.83. The molecule has 1 aromatic carbocycles. The van der Waals surface area contributed by atoms with E-state index in [1.165, 1.54) is 12.8 Å². The van der Waals surface area contributed by atoms with Crippen molar-refractivity contribution in [3.8, 4) is 5.75 Å². The maximum atomic E-state index is 6.15. The Bertz CT molecular complexity index is 673. The van der Waals surface area contributed by atoms with E-state index < -0.39 is 0 Å². The molecule has 0 aliphatic carbocycles. The average molecular weight is 418 g/mol. The van der Waals surface area contributed by atoms with Crippen LogP contribution in [-0.4, -0.2) is 62.0 Å². The lowest BCUT2D eigenvalue weighted by molar-refractivity contribution is -0.0721. The van der Waals surface area contributed by atoms with Gasteiger partial charge in [0.25, 0.3) is 0 Å². The number of nitrogens with one attached hydrogen (secondary N) is 1. The molecule has 0 spiro atoms. The van der Waals surface area contributed by atoms with Crippen LogP contribution in [-0.2, 0) is 16.0 Å². The molecule has 0 saturated carbocycles. The molecule has 0 bridgehead atoms. The molecule has 30 heavy (non-hydrogen) atoms. The largest absolute Gasteiger partial charge is 0.488 e. The number of piperidine rings is 1. The van der Waals surface area contributed by atoms with Crippen LogP contribution in [0.1, 0.15) is 58.4 Å². The first-order valence-electron chi connectivity index (χ1n) is 11.4. The molecule has 0 aromatic heterocycles. The lowest BCUT2D eigenvalue weighted by Crippen LogP contribution is -2.47. The molecule has 2 saturated heterocycles. The highest BCUT2D eigenvalue weighted by Gasteiger charge is 2.24. The summed E-state index contributed by atoms with van der Waals surface area (Å²) in [6.07, 6.45) is 6.25. The predicted molar refractivity (Wildman–Crippen MR) is 121 cm³/mol. The van der Waals surface area contributed by atoms with Crippen molar-refractivity contribution in [2.24, 2.45) is 4.99 Å². The Morgan fingerprint density at radius 2 is 1.93 bits per heavy atom. The van der Waals surface area contributed by atoms with Crippen molar-refractivity contribution in [2.75, 3.05) is 33.4 Å². The summed E-state index contributed by atoms with van der Waals surface area (Å²) in [6.45, 7) is 10.4. The normalized spacial score (nSPS) is 21.5. The third-order valence-corrected chi connectivity index (χ3v) is 5.57. The number of guanidine groups is 1. The van der Waals surface area contributed by atoms with Gasteiger partial charge < -0.3 is 24.4 Å². The van der Waals surface area contributed by atoms with E-state index in [1.807, 2.05) is 25.2 Å². The van der Waals surface area contributed by atoms with Crippen molar-refractivity contribution in [3.05, 3.63) is 29.8 Å². The van der Waals surface area contributed by atoms with E-state index in [1.54, 1.807) is 0 Å². The van der Waals surface area contributed by atoms with E-state index in [4.69, 9.17) is 14.2 Å². The van der Waals surface area contributed by atoms with Crippen LogP contribution < -0.4 is 10.1 Å². The Morgan fingerprint density at radius 3 is 2.60 bits per heavy atom. The number of benzene rings is 1. The van der Waals surface area contributed by atoms with Crippen LogP contribution in [0.4, 0.5) is 0 Å². The maximum Gasteiger partial charge on any atom is 0.193 e. The minimum absolute atomic E-state index is 0.220. The monoisotopic (exact) mass is 417 g/mol. The van der Waals surface area contributed by atoms with Crippen LogP contribution in [0, 0.1) is 0 Å². The van der Waals surface area contributed by atoms with Crippen LogP contribution in [0.15, 0.2) is 29.3 Å². The first-order valence-corrected chi connectivity index (χ1v) is 11.4. The van der Waals surface area contributed by atoms with Gasteiger partial charge in [-0.25, -0.2) is 0 Å². The molecule has 1 N–H and O–H groups in total. The standard InChI is InChI=1S/C24H39N3O3/c1-24(2,3)30-22-11-6-5-9-19(22)17-26-23(25-4)27-14-12-20(13-15-27)29-18-21-10-7-8-16-28-21/h5-6,9,11,20-21H,7-8,10,12-18H2,1-4H3,(H,25,26). The zero-order valence-corrected chi connectivity index (χ0v) is 19.2. The van der Waals surface area contributed by atoms with Crippen molar-refractivity contribution in [3.63, 3.8) is 0 Å². The number of para-hydroxylation sites is 1. The molecule has 2 aliphatic heterocycles. The zero-order chi connectivity index (χ0) is 21.4. The minimum Gasteiger partial charge on any atom is -0.488 e. The van der Waals surface area contributed by atoms with Crippen molar-refractivity contribution < 1.29 is 14.2 Å². The Kier molecular flexibility index (Phi) is 8.40. The molecule has 2 heterocycles. The quantitative estimate of drug-likeness (QED) is 0.560. The second-order valence-corrected chi connectivity index (χ2v) is 9.23. The highest BCUT2D eigenvalue weighted by molar-refractivity contribution is 5.80. The van der Waals surface area contributed by atoms with Gasteiger partial charge in [-0.15, -0.1) is 0 Å². The Morgan fingerprint density at radius 1 is 1.17 bits per heavy atom. The van der Waals surface area contributed by atoms with Gasteiger partial charge in [0.2, 0.25) is 0 Å². The maximum absolute atomic E-state index is 6.15. The van der Waals surface area contributed by atoms with Gasteiger partial charge in [-0.05, 0) is 58.9 Å². The number of rotatable bonds is 6. The number of ether oxygens (including phenoxy) is 3. The van der Waals surface area contributed by atoms with Gasteiger partial charge in [0.1, 0.15) is 11.4 Å². The van der Waals surface area contributed by atoms with E-state index >= 15 is 0 Å². The van der Waals surface area contributed by atoms with Crippen molar-refractivity contribution in [1.82, 2.24) is 10.2 Å². The summed E-state index contributed by atoms with van der Waals surface area (Å²) in [5, 5.41) is 3.52. The molecule has 1 atom stereocenters. The van der Waals surface area contributed by atoms with E-state index in [-0.39, 0.29) is 5.60 Å². The van der Waals surface area contributed by atoms with Gasteiger partial charge in [-0.1, -0.05) is 18.2 Å². The van der Waals surface area contributed by atoms with Gasteiger partial charge in [-0.2, -0.15) is 0 Å². The number of hydrogen-bond donors (Lipinski definition) is 1. The van der Waals surface area contributed by atoms with Gasteiger partial charge in [0.05, 0.1) is 18.8 Å². The second-order valence-electron chi connectivity index (χ2n) is 9.23. The summed E-state index contributed by atoms with van der Waals surface area (Å²) in [5.74, 6) is 1.86. The Balaban J connectivity index is 1.45. The smallest absolute Gasteiger partial charge is 0.193 e. The van der Waals surface area contributed by atoms with Crippen LogP contribution in [0.2, 0.25) is 0 Å². The lowest BCUT2D eigenvalue weighted by Gasteiger charge is -2.35. The predicted octanol–water partition coefficient (Wildman–Crippen LogP) is 3.99. The summed E-state index contributed by atoms with van der Waals surface area (Å²) in [5.41, 5.74) is 0.918. The summed E-state index contributed by atoms with van der Waals surface area (Å²) >= 11 is 0. The number of aliphatic imine (C=N–C) groups is 1. The van der Waals surface area contributed by atoms with Crippen molar-refractivity contribution >= 4 is 5.96 Å². The van der Waals surface area contributed by atoms with Crippen LogP contribution in [0.3, 0.4) is 0 Å². The van der Waals surface area contributed by atoms with Crippen molar-refractivity contribution in [1.29, 1.82) is 0 Å². The molecule has 168 valence electrons. The molecule has 2 aliphatic rings. The first kappa shape index (κ1) is 22.9. The highest BCUT2D eigenvalue weighted by atomic mass is 16.5. The fraction of sp³-hybridized carbons (Fsp3) is 0.708. The fourth-order valence-electron chi connectivity index (χ4n) is 4.00. The molecule has 3 rings (SSSR count). The molecular weight excluding hydrogens is 378 g/mol. The lowest BCUT2D eigenvalue weighted by atomic mass is 10.1. The first-order chi connectivity index (χ1) is 14.4. The van der Waals surface area contributed by atoms with E-state index in [9.17, 15) is 0 Å². The van der Waals surface area contributed by atoms with Crippen LogP contribution in [0.5, 0.6) is 5.75 Å². The van der Waals surface area contributed by atoms with Crippen LogP contribution in [0.25, 0.3) is 0 Å². The summed E-state index contributed by atoms with van der Waals surface area (Å²) in [6, 6.07) is 8.20. The van der Waals surface area contributed by atoms with E-state index in [2.05, 4.69) is 42.0 Å². The molecule has 1 aromatic rings. The van der Waals surface area contributed by atoms with Gasteiger partial charge in [0.15, 0.2) is 5.96 Å². The van der Waals surface area contributed by atoms with Gasteiger partial charge in [0, 0.05) is 38.9 Å². The molecular formula is C24H39N3O3. The highest BCUT2D eigenvalue weighted by Crippen LogP contribution is 2.23. The Hall–Kier alpha value is -1.79. The molecule has 6 heteroatoms. The van der Waals surface area contributed by atoms with Gasteiger partial charge in [-0.3, -0.25) is 4.99 Å². The molecule has 1 unspecified atom stereocenters. The topological polar surface area (TPSA) is 55.3 Å². The third-order valence-electron chi connectivity index (χ3n) is 5.57. The summed E-state index contributed by atoms with van der Waals surface area (Å²) in [7, 11) is 1.85. The SMILES string of the molecule is CN=C(NCc1ccccc1OC(C)(C)C)N1CCC(OCC2CCCCO2)CC1. The fourth-order valence-corrected chi connectivity index (χ4v) is 4.00. The third kappa shape index (κ3) is 7.17. The molecule has 0 amide bonds. The molecule has 6 nitrogen and oxygen atoms in total. The molecule has 2 fully saturated rings. The average Bonchev–Trinajstić information content (AvgIpc) is 2.74. The second kappa shape index (κ2) is 11.0. The van der Waals surface area contributed by atoms with Crippen LogP contribution >= 0.6 is 0 Å². The number of nitrogens with zero attached hydrogens (tertiary/aromatic N) is 2.